The molecule has 5 heteroatoms. The molecule has 0 amide bonds. The van der Waals surface area contributed by atoms with Crippen LogP contribution in [0.5, 0.6) is 0 Å². The van der Waals surface area contributed by atoms with Gasteiger partial charge in [0.1, 0.15) is 0 Å². The molecule has 0 saturated heterocycles. The third kappa shape index (κ3) is 4.44. The molecule has 1 atom stereocenters. The molecule has 0 bridgehead atoms. The minimum atomic E-state index is -1.56. The maximum absolute atomic E-state index is 9.72. The Morgan fingerprint density at radius 1 is 1.56 bits per heavy atom. The third-order valence-electron chi connectivity index (χ3n) is 0.724. The van der Waals surface area contributed by atoms with Crippen LogP contribution in [0.4, 0.5) is 0 Å². The van der Waals surface area contributed by atoms with E-state index in [4.69, 9.17) is 5.11 Å². The van der Waals surface area contributed by atoms with Crippen molar-refractivity contribution >= 4 is 11.9 Å². The van der Waals surface area contributed by atoms with Gasteiger partial charge in [-0.25, -0.2) is 0 Å². The molecule has 46 valence electrons. The van der Waals surface area contributed by atoms with Crippen LogP contribution in [-0.2, 0) is 9.59 Å². The molecule has 0 heterocycles. The van der Waals surface area contributed by atoms with E-state index in [1.807, 2.05) is 0 Å². The third-order valence-corrected chi connectivity index (χ3v) is 0.724. The van der Waals surface area contributed by atoms with Crippen molar-refractivity contribution in [3.63, 3.8) is 0 Å². The molecule has 0 aromatic heterocycles. The Morgan fingerprint density at radius 3 is 1.89 bits per heavy atom. The smallest absolute Gasteiger partial charge is 0.549 e. The topological polar surface area (TPSA) is 77.4 Å². The van der Waals surface area contributed by atoms with Crippen molar-refractivity contribution in [3.05, 3.63) is 0 Å². The normalized spacial score (nSPS) is 11.2. The first-order chi connectivity index (χ1) is 3.55. The molecule has 1 N–H and O–H groups in total. The van der Waals surface area contributed by atoms with Gasteiger partial charge in [-0.2, -0.15) is 0 Å². The number of carboxylic acid groups (broad SMARTS) is 2. The van der Waals surface area contributed by atoms with E-state index >= 15 is 0 Å². The maximum atomic E-state index is 9.72. The zero-order valence-corrected chi connectivity index (χ0v) is 7.25. The van der Waals surface area contributed by atoms with Crippen molar-refractivity contribution in [3.8, 4) is 0 Å². The molecule has 0 aromatic carbocycles. The molecule has 0 aliphatic rings. The minimum absolute atomic E-state index is 0. The van der Waals surface area contributed by atoms with Crippen molar-refractivity contribution in [2.45, 2.75) is 6.92 Å². The first kappa shape index (κ1) is 11.7. The van der Waals surface area contributed by atoms with E-state index in [0.29, 0.717) is 0 Å². The molecular formula is C4H5NaO4. The van der Waals surface area contributed by atoms with Crippen LogP contribution in [-0.4, -0.2) is 17.0 Å². The minimum Gasteiger partial charge on any atom is -0.549 e. The zero-order valence-electron chi connectivity index (χ0n) is 5.25. The van der Waals surface area contributed by atoms with Crippen molar-refractivity contribution in [2.24, 2.45) is 5.92 Å². The summed E-state index contributed by atoms with van der Waals surface area (Å²) in [6, 6.07) is 0. The van der Waals surface area contributed by atoms with Crippen LogP contribution in [0, 0.1) is 5.92 Å². The Labute approximate surface area is 74.2 Å². The Kier molecular flexibility index (Phi) is 6.22. The van der Waals surface area contributed by atoms with Crippen LogP contribution in [0.2, 0.25) is 0 Å². The van der Waals surface area contributed by atoms with Gasteiger partial charge in [-0.1, -0.05) is 0 Å². The van der Waals surface area contributed by atoms with Crippen LogP contribution < -0.4 is 34.7 Å². The van der Waals surface area contributed by atoms with Crippen LogP contribution >= 0.6 is 0 Å². The Hall–Kier alpha value is -0.0600. The molecule has 0 fully saturated rings. The summed E-state index contributed by atoms with van der Waals surface area (Å²) in [6.07, 6.45) is 0. The zero-order chi connectivity index (χ0) is 6.73. The summed E-state index contributed by atoms with van der Waals surface area (Å²) in [5.41, 5.74) is 0. The van der Waals surface area contributed by atoms with Gasteiger partial charge in [-0.15, -0.1) is 0 Å². The Balaban J connectivity index is 0. The van der Waals surface area contributed by atoms with E-state index in [-0.39, 0.29) is 29.6 Å². The van der Waals surface area contributed by atoms with E-state index in [2.05, 4.69) is 0 Å². The average molecular weight is 140 g/mol. The summed E-state index contributed by atoms with van der Waals surface area (Å²) in [4.78, 5) is 19.4. The molecular weight excluding hydrogens is 135 g/mol. The van der Waals surface area contributed by atoms with Gasteiger partial charge < -0.3 is 15.0 Å². The van der Waals surface area contributed by atoms with E-state index in [9.17, 15) is 14.7 Å². The molecule has 9 heavy (non-hydrogen) atoms. The number of carboxylic acids is 2. The molecule has 0 aliphatic carbocycles. The molecule has 0 aliphatic heterocycles. The molecule has 0 radical (unpaired) electrons. The van der Waals surface area contributed by atoms with Gasteiger partial charge >= 0.3 is 35.5 Å². The van der Waals surface area contributed by atoms with E-state index < -0.39 is 17.9 Å². The molecule has 0 rings (SSSR count). The van der Waals surface area contributed by atoms with Crippen molar-refractivity contribution in [1.29, 1.82) is 0 Å². The van der Waals surface area contributed by atoms with Crippen LogP contribution in [0.1, 0.15) is 6.92 Å². The first-order valence-corrected chi connectivity index (χ1v) is 1.99. The van der Waals surface area contributed by atoms with Crippen LogP contribution in [0.15, 0.2) is 0 Å². The number of aliphatic carboxylic acids is 2. The van der Waals surface area contributed by atoms with Gasteiger partial charge in [0.25, 0.3) is 0 Å². The van der Waals surface area contributed by atoms with E-state index in [1.54, 1.807) is 0 Å². The SMILES string of the molecule is CC(C(=O)[O-])C(=O)O.[Na+]. The summed E-state index contributed by atoms with van der Waals surface area (Å²) in [6.45, 7) is 1.05. The maximum Gasteiger partial charge on any atom is 1.00 e. The second kappa shape index (κ2) is 4.78. The van der Waals surface area contributed by atoms with Gasteiger partial charge in [0, 0.05) is 0 Å². The summed E-state index contributed by atoms with van der Waals surface area (Å²) in [7, 11) is 0. The van der Waals surface area contributed by atoms with E-state index in [0.717, 1.165) is 6.92 Å². The average Bonchev–Trinajstić information content (AvgIpc) is 1.64. The summed E-state index contributed by atoms with van der Waals surface area (Å²) in [5.74, 6) is -4.34. The van der Waals surface area contributed by atoms with Crippen LogP contribution in [0.3, 0.4) is 0 Å². The predicted molar refractivity (Wildman–Crippen MR) is 21.8 cm³/mol. The summed E-state index contributed by atoms with van der Waals surface area (Å²) >= 11 is 0. The first-order valence-electron chi connectivity index (χ1n) is 1.99. The van der Waals surface area contributed by atoms with Crippen LogP contribution in [0.25, 0.3) is 0 Å². The van der Waals surface area contributed by atoms with Gasteiger partial charge in [0.15, 0.2) is 0 Å². The number of hydrogen-bond donors (Lipinski definition) is 1. The van der Waals surface area contributed by atoms with Crippen molar-refractivity contribution in [1.82, 2.24) is 0 Å². The fourth-order valence-electron chi connectivity index (χ4n) is 0.101. The van der Waals surface area contributed by atoms with Gasteiger partial charge in [-0.3, -0.25) is 4.79 Å². The van der Waals surface area contributed by atoms with Gasteiger partial charge in [-0.05, 0) is 6.92 Å². The molecule has 0 spiro atoms. The number of rotatable bonds is 2. The van der Waals surface area contributed by atoms with Crippen molar-refractivity contribution in [2.75, 3.05) is 0 Å². The monoisotopic (exact) mass is 140 g/mol. The second-order valence-corrected chi connectivity index (χ2v) is 1.38. The second-order valence-electron chi connectivity index (χ2n) is 1.38. The van der Waals surface area contributed by atoms with E-state index in [1.165, 1.54) is 0 Å². The Morgan fingerprint density at radius 2 is 1.89 bits per heavy atom. The summed E-state index contributed by atoms with van der Waals surface area (Å²) < 4.78 is 0. The summed E-state index contributed by atoms with van der Waals surface area (Å²) in [5, 5.41) is 17.6. The number of hydrogen-bond acceptors (Lipinski definition) is 3. The predicted octanol–water partition coefficient (Wildman–Crippen LogP) is -4.54. The Bertz CT molecular complexity index is 108. The van der Waals surface area contributed by atoms with Crippen molar-refractivity contribution < 1.29 is 49.4 Å². The van der Waals surface area contributed by atoms with Gasteiger partial charge in [0.05, 0.1) is 11.9 Å². The quantitative estimate of drug-likeness (QED) is 0.309. The standard InChI is InChI=1S/C4H6O4.Na/c1-2(3(5)6)4(7)8;/h2H,1H3,(H,5,6)(H,7,8);/q;+1/p-1. The molecule has 0 aromatic rings. The molecule has 4 nitrogen and oxygen atoms in total. The molecule has 0 saturated carbocycles. The number of carbonyl (C=O) groups excluding carboxylic acids is 1. The van der Waals surface area contributed by atoms with Gasteiger partial charge in [0.2, 0.25) is 0 Å². The number of carbonyl (C=O) groups is 2. The largest absolute Gasteiger partial charge is 1.00 e. The fraction of sp³-hybridized carbons (Fsp3) is 0.500. The molecule has 1 unspecified atom stereocenters. The fourth-order valence-corrected chi connectivity index (χ4v) is 0.101.